The molecule has 2 aromatic rings. The van der Waals surface area contributed by atoms with Gasteiger partial charge in [-0.2, -0.15) is 0 Å². The number of aliphatic hydroxyl groups is 1. The van der Waals surface area contributed by atoms with Crippen molar-refractivity contribution in [2.75, 3.05) is 18.5 Å². The smallest absolute Gasteiger partial charge is 0.251 e. The molecular formula is C21H21ClN2O2. The van der Waals surface area contributed by atoms with Gasteiger partial charge in [0.1, 0.15) is 0 Å². The predicted octanol–water partition coefficient (Wildman–Crippen LogP) is 3.89. The van der Waals surface area contributed by atoms with Gasteiger partial charge < -0.3 is 15.7 Å². The summed E-state index contributed by atoms with van der Waals surface area (Å²) in [6.45, 7) is 0.202. The molecule has 0 aromatic heterocycles. The molecule has 0 bridgehead atoms. The van der Waals surface area contributed by atoms with Crippen LogP contribution in [0.4, 0.5) is 5.69 Å². The maximum atomic E-state index is 12.2. The number of halogens is 1. The number of fused-ring (bicyclic) bond motifs is 3. The van der Waals surface area contributed by atoms with E-state index in [4.69, 9.17) is 16.7 Å². The van der Waals surface area contributed by atoms with E-state index in [0.717, 1.165) is 22.7 Å². The summed E-state index contributed by atoms with van der Waals surface area (Å²) in [5.74, 6) is 0.553. The first-order valence-corrected chi connectivity index (χ1v) is 9.27. The van der Waals surface area contributed by atoms with Crippen LogP contribution in [0.3, 0.4) is 0 Å². The molecule has 3 N–H and O–H groups in total. The van der Waals surface area contributed by atoms with Crippen molar-refractivity contribution in [3.05, 3.63) is 76.3 Å². The van der Waals surface area contributed by atoms with Crippen LogP contribution in [-0.2, 0) is 0 Å². The van der Waals surface area contributed by atoms with Crippen molar-refractivity contribution in [3.8, 4) is 0 Å². The van der Waals surface area contributed by atoms with Crippen LogP contribution in [0.25, 0.3) is 0 Å². The summed E-state index contributed by atoms with van der Waals surface area (Å²) in [6, 6.07) is 14.0. The maximum Gasteiger partial charge on any atom is 0.251 e. The molecule has 0 saturated heterocycles. The Balaban J connectivity index is 1.66. The molecule has 5 heteroatoms. The Morgan fingerprint density at radius 1 is 1.23 bits per heavy atom. The van der Waals surface area contributed by atoms with Gasteiger partial charge in [0.2, 0.25) is 0 Å². The highest BCUT2D eigenvalue weighted by Gasteiger charge is 2.38. The second kappa shape index (κ2) is 7.14. The summed E-state index contributed by atoms with van der Waals surface area (Å²) in [4.78, 5) is 12.2. The molecule has 134 valence electrons. The van der Waals surface area contributed by atoms with Gasteiger partial charge in [0.05, 0.1) is 12.6 Å². The minimum absolute atomic E-state index is 0.0611. The lowest BCUT2D eigenvalue weighted by Crippen LogP contribution is -2.30. The van der Waals surface area contributed by atoms with E-state index in [9.17, 15) is 4.79 Å². The zero-order valence-corrected chi connectivity index (χ0v) is 15.0. The number of amides is 1. The highest BCUT2D eigenvalue weighted by molar-refractivity contribution is 6.30. The Morgan fingerprint density at radius 3 is 2.81 bits per heavy atom. The molecule has 4 nitrogen and oxygen atoms in total. The molecule has 1 amide bonds. The Bertz CT molecular complexity index is 848. The molecule has 0 unspecified atom stereocenters. The molecule has 1 heterocycles. The van der Waals surface area contributed by atoms with Crippen LogP contribution in [0.15, 0.2) is 54.6 Å². The lowest BCUT2D eigenvalue weighted by atomic mass is 9.76. The fourth-order valence-corrected chi connectivity index (χ4v) is 4.13. The first-order chi connectivity index (χ1) is 12.7. The normalized spacial score (nSPS) is 23.1. The number of hydrogen-bond acceptors (Lipinski definition) is 3. The van der Waals surface area contributed by atoms with Crippen LogP contribution in [0, 0.1) is 5.92 Å². The molecule has 0 spiro atoms. The van der Waals surface area contributed by atoms with Gasteiger partial charge in [-0.25, -0.2) is 0 Å². The van der Waals surface area contributed by atoms with Gasteiger partial charge in [-0.1, -0.05) is 35.9 Å². The zero-order chi connectivity index (χ0) is 18.1. The van der Waals surface area contributed by atoms with E-state index in [1.165, 1.54) is 5.56 Å². The van der Waals surface area contributed by atoms with Gasteiger partial charge in [-0.05, 0) is 53.8 Å². The molecule has 2 aromatic carbocycles. The van der Waals surface area contributed by atoms with Crippen LogP contribution in [0.1, 0.15) is 39.9 Å². The van der Waals surface area contributed by atoms with Crippen LogP contribution in [-0.4, -0.2) is 24.2 Å². The molecule has 0 fully saturated rings. The fourth-order valence-electron chi connectivity index (χ4n) is 4.01. The molecule has 0 saturated carbocycles. The van der Waals surface area contributed by atoms with Crippen LogP contribution in [0.2, 0.25) is 5.02 Å². The standard InChI is InChI=1S/C21H21ClN2O2/c22-15-7-4-13(5-8-15)20-17-3-1-2-16(17)18-12-14(6-9-19(18)24-20)21(26)23-10-11-25/h1-2,4-9,12,16-17,20,24-25H,3,10-11H2,(H,23,26)/t16-,17+,20+/m1/s1. The Hall–Kier alpha value is -2.30. The third-order valence-corrected chi connectivity index (χ3v) is 5.50. The average Bonchev–Trinajstić information content (AvgIpc) is 3.16. The first kappa shape index (κ1) is 17.1. The average molecular weight is 369 g/mol. The molecule has 4 rings (SSSR count). The van der Waals surface area contributed by atoms with Crippen LogP contribution in [0.5, 0.6) is 0 Å². The maximum absolute atomic E-state index is 12.2. The topological polar surface area (TPSA) is 61.4 Å². The number of nitrogens with one attached hydrogen (secondary N) is 2. The zero-order valence-electron chi connectivity index (χ0n) is 14.3. The van der Waals surface area contributed by atoms with E-state index >= 15 is 0 Å². The minimum Gasteiger partial charge on any atom is -0.395 e. The van der Waals surface area contributed by atoms with Crippen molar-refractivity contribution in [2.45, 2.75) is 18.4 Å². The largest absolute Gasteiger partial charge is 0.395 e. The molecule has 0 radical (unpaired) electrons. The number of aliphatic hydroxyl groups excluding tert-OH is 1. The summed E-state index contributed by atoms with van der Waals surface area (Å²) in [7, 11) is 0. The Kier molecular flexibility index (Phi) is 4.70. The SMILES string of the molecule is O=C(NCCO)c1ccc2c(c1)[C@@H]1C=CC[C@@H]1[C@H](c1ccc(Cl)cc1)N2. The fraction of sp³-hybridized carbons (Fsp3) is 0.286. The number of carbonyl (C=O) groups excluding carboxylic acids is 1. The minimum atomic E-state index is -0.153. The van der Waals surface area contributed by atoms with E-state index in [0.29, 0.717) is 11.5 Å². The quantitative estimate of drug-likeness (QED) is 0.717. The van der Waals surface area contributed by atoms with Crippen molar-refractivity contribution in [3.63, 3.8) is 0 Å². The molecule has 1 aliphatic carbocycles. The number of benzene rings is 2. The van der Waals surface area contributed by atoms with Gasteiger partial charge in [0.25, 0.3) is 5.91 Å². The second-order valence-electron chi connectivity index (χ2n) is 6.81. The van der Waals surface area contributed by atoms with E-state index in [1.54, 1.807) is 0 Å². The molecule has 26 heavy (non-hydrogen) atoms. The van der Waals surface area contributed by atoms with Gasteiger partial charge in [0.15, 0.2) is 0 Å². The summed E-state index contributed by atoms with van der Waals surface area (Å²) >= 11 is 6.04. The number of carbonyl (C=O) groups is 1. The van der Waals surface area contributed by atoms with Crippen molar-refractivity contribution >= 4 is 23.2 Å². The molecule has 2 aliphatic rings. The van der Waals surface area contributed by atoms with Gasteiger partial charge in [0, 0.05) is 28.7 Å². The van der Waals surface area contributed by atoms with Crippen molar-refractivity contribution < 1.29 is 9.90 Å². The number of rotatable bonds is 4. The van der Waals surface area contributed by atoms with Gasteiger partial charge in [-0.3, -0.25) is 4.79 Å². The van der Waals surface area contributed by atoms with Crippen molar-refractivity contribution in [1.29, 1.82) is 0 Å². The lowest BCUT2D eigenvalue weighted by molar-refractivity contribution is 0.0944. The number of anilines is 1. The lowest BCUT2D eigenvalue weighted by Gasteiger charge is -2.37. The third kappa shape index (κ3) is 3.11. The summed E-state index contributed by atoms with van der Waals surface area (Å²) in [5.41, 5.74) is 4.08. The van der Waals surface area contributed by atoms with E-state index < -0.39 is 0 Å². The highest BCUT2D eigenvalue weighted by Crippen LogP contribution is 2.49. The summed E-state index contributed by atoms with van der Waals surface area (Å²) < 4.78 is 0. The number of hydrogen-bond donors (Lipinski definition) is 3. The monoisotopic (exact) mass is 368 g/mol. The first-order valence-electron chi connectivity index (χ1n) is 8.89. The van der Waals surface area contributed by atoms with Crippen LogP contribution < -0.4 is 10.6 Å². The third-order valence-electron chi connectivity index (χ3n) is 5.25. The Morgan fingerprint density at radius 2 is 2.04 bits per heavy atom. The van der Waals surface area contributed by atoms with Gasteiger partial charge in [-0.15, -0.1) is 0 Å². The summed E-state index contributed by atoms with van der Waals surface area (Å²) in [6.07, 6.45) is 5.49. The Labute approximate surface area is 157 Å². The van der Waals surface area contributed by atoms with E-state index in [-0.39, 0.29) is 31.0 Å². The predicted molar refractivity (Wildman–Crippen MR) is 104 cm³/mol. The van der Waals surface area contributed by atoms with Crippen molar-refractivity contribution in [1.82, 2.24) is 5.32 Å². The molecular weight excluding hydrogens is 348 g/mol. The van der Waals surface area contributed by atoms with Crippen LogP contribution >= 0.6 is 11.6 Å². The van der Waals surface area contributed by atoms with Gasteiger partial charge >= 0.3 is 0 Å². The summed E-state index contributed by atoms with van der Waals surface area (Å²) in [5, 5.41) is 16.0. The molecule has 1 aliphatic heterocycles. The van der Waals surface area contributed by atoms with Crippen molar-refractivity contribution in [2.24, 2.45) is 5.92 Å². The molecule has 3 atom stereocenters. The van der Waals surface area contributed by atoms with E-state index in [2.05, 4.69) is 34.9 Å². The number of allylic oxidation sites excluding steroid dienone is 2. The second-order valence-corrected chi connectivity index (χ2v) is 7.25. The van der Waals surface area contributed by atoms with E-state index in [1.807, 2.05) is 30.3 Å². The highest BCUT2D eigenvalue weighted by atomic mass is 35.5.